The summed E-state index contributed by atoms with van der Waals surface area (Å²) in [5.74, 6) is 0.741. The van der Waals surface area contributed by atoms with Crippen molar-refractivity contribution in [2.45, 2.75) is 0 Å². The van der Waals surface area contributed by atoms with Crippen LogP contribution in [0.25, 0.3) is 0 Å². The van der Waals surface area contributed by atoms with Crippen LogP contribution in [0.5, 0.6) is 0 Å². The van der Waals surface area contributed by atoms with Crippen molar-refractivity contribution >= 4 is 17.2 Å². The largest absolute Gasteiger partial charge is 0.396 e. The Labute approximate surface area is 88.4 Å². The van der Waals surface area contributed by atoms with Crippen LogP contribution >= 0.6 is 0 Å². The molecule has 0 spiro atoms. The van der Waals surface area contributed by atoms with Crippen LogP contribution in [0.15, 0.2) is 42.9 Å². The zero-order valence-electron chi connectivity index (χ0n) is 8.46. The van der Waals surface area contributed by atoms with Crippen LogP contribution in [0, 0.1) is 0 Å². The summed E-state index contributed by atoms with van der Waals surface area (Å²) in [4.78, 5) is 10.2. The Morgan fingerprint density at radius 3 is 2.67 bits per heavy atom. The van der Waals surface area contributed by atoms with Crippen molar-refractivity contribution in [1.29, 1.82) is 0 Å². The van der Waals surface area contributed by atoms with Crippen LogP contribution in [0.2, 0.25) is 0 Å². The molecule has 76 valence electrons. The molecule has 2 aromatic heterocycles. The van der Waals surface area contributed by atoms with Gasteiger partial charge in [0.1, 0.15) is 0 Å². The normalized spacial score (nSPS) is 9.93. The SMILES string of the molecule is CN(c1cccnc1)c1ncccc1N. The monoisotopic (exact) mass is 200 g/mol. The lowest BCUT2D eigenvalue weighted by Gasteiger charge is -2.18. The molecule has 0 atom stereocenters. The summed E-state index contributed by atoms with van der Waals surface area (Å²) in [6.07, 6.45) is 5.23. The maximum atomic E-state index is 5.83. The van der Waals surface area contributed by atoms with Crippen LogP contribution < -0.4 is 10.6 Å². The summed E-state index contributed by atoms with van der Waals surface area (Å²) < 4.78 is 0. The number of hydrogen-bond donors (Lipinski definition) is 1. The summed E-state index contributed by atoms with van der Waals surface area (Å²) in [6, 6.07) is 7.48. The lowest BCUT2D eigenvalue weighted by molar-refractivity contribution is 1.11. The van der Waals surface area contributed by atoms with Crippen molar-refractivity contribution in [3.8, 4) is 0 Å². The van der Waals surface area contributed by atoms with Crippen molar-refractivity contribution in [3.05, 3.63) is 42.9 Å². The fourth-order valence-electron chi connectivity index (χ4n) is 1.36. The van der Waals surface area contributed by atoms with E-state index < -0.39 is 0 Å². The summed E-state index contributed by atoms with van der Waals surface area (Å²) in [5, 5.41) is 0. The number of hydrogen-bond acceptors (Lipinski definition) is 4. The highest BCUT2D eigenvalue weighted by molar-refractivity contribution is 5.69. The average Bonchev–Trinajstić information content (AvgIpc) is 2.30. The van der Waals surface area contributed by atoms with Crippen molar-refractivity contribution in [2.24, 2.45) is 0 Å². The topological polar surface area (TPSA) is 55.0 Å². The minimum atomic E-state index is 0.656. The smallest absolute Gasteiger partial charge is 0.156 e. The van der Waals surface area contributed by atoms with Crippen molar-refractivity contribution < 1.29 is 0 Å². The summed E-state index contributed by atoms with van der Waals surface area (Å²) in [7, 11) is 1.91. The number of nitrogen functional groups attached to an aromatic ring is 1. The highest BCUT2D eigenvalue weighted by atomic mass is 15.2. The molecule has 4 heteroatoms. The van der Waals surface area contributed by atoms with Gasteiger partial charge in [-0.25, -0.2) is 4.98 Å². The standard InChI is InChI=1S/C11H12N4/c1-15(9-4-2-6-13-8-9)11-10(12)5-3-7-14-11/h2-8H,12H2,1H3. The molecule has 2 aromatic rings. The minimum Gasteiger partial charge on any atom is -0.396 e. The number of aromatic nitrogens is 2. The molecule has 0 unspecified atom stereocenters. The van der Waals surface area contributed by atoms with E-state index in [4.69, 9.17) is 5.73 Å². The van der Waals surface area contributed by atoms with E-state index in [1.54, 1.807) is 18.6 Å². The zero-order chi connectivity index (χ0) is 10.7. The molecule has 2 N–H and O–H groups in total. The first-order valence-electron chi connectivity index (χ1n) is 4.63. The molecule has 0 fully saturated rings. The van der Waals surface area contributed by atoms with E-state index in [0.29, 0.717) is 5.69 Å². The van der Waals surface area contributed by atoms with E-state index in [1.165, 1.54) is 0 Å². The van der Waals surface area contributed by atoms with Gasteiger partial charge < -0.3 is 10.6 Å². The Morgan fingerprint density at radius 1 is 1.20 bits per heavy atom. The second-order valence-corrected chi connectivity index (χ2v) is 3.19. The lowest BCUT2D eigenvalue weighted by Crippen LogP contribution is -2.13. The Bertz CT molecular complexity index is 441. The molecule has 2 heterocycles. The number of pyridine rings is 2. The molecular weight excluding hydrogens is 188 g/mol. The molecule has 0 aliphatic heterocycles. The average molecular weight is 200 g/mol. The quantitative estimate of drug-likeness (QED) is 0.803. The second-order valence-electron chi connectivity index (χ2n) is 3.19. The molecule has 4 nitrogen and oxygen atoms in total. The molecule has 0 aliphatic rings. The summed E-state index contributed by atoms with van der Waals surface area (Å²) in [6.45, 7) is 0. The summed E-state index contributed by atoms with van der Waals surface area (Å²) >= 11 is 0. The first-order valence-corrected chi connectivity index (χ1v) is 4.63. The number of nitrogens with zero attached hydrogens (tertiary/aromatic N) is 3. The van der Waals surface area contributed by atoms with Gasteiger partial charge in [0.2, 0.25) is 0 Å². The molecule has 0 amide bonds. The molecule has 2 rings (SSSR count). The van der Waals surface area contributed by atoms with E-state index in [9.17, 15) is 0 Å². The predicted octanol–water partition coefficient (Wildman–Crippen LogP) is 1.83. The maximum absolute atomic E-state index is 5.83. The fraction of sp³-hybridized carbons (Fsp3) is 0.0909. The Morgan fingerprint density at radius 2 is 2.00 bits per heavy atom. The first kappa shape index (κ1) is 9.45. The molecule has 0 saturated carbocycles. The van der Waals surface area contributed by atoms with Crippen LogP contribution in [-0.4, -0.2) is 17.0 Å². The van der Waals surface area contributed by atoms with E-state index in [0.717, 1.165) is 11.5 Å². The third kappa shape index (κ3) is 1.88. The Hall–Kier alpha value is -2.10. The number of nitrogens with two attached hydrogens (primary N) is 1. The van der Waals surface area contributed by atoms with E-state index in [-0.39, 0.29) is 0 Å². The van der Waals surface area contributed by atoms with Crippen LogP contribution in [0.3, 0.4) is 0 Å². The van der Waals surface area contributed by atoms with Crippen molar-refractivity contribution in [1.82, 2.24) is 9.97 Å². The Balaban J connectivity index is 2.37. The first-order chi connectivity index (χ1) is 7.29. The number of anilines is 3. The fourth-order valence-corrected chi connectivity index (χ4v) is 1.36. The van der Waals surface area contributed by atoms with Gasteiger partial charge in [0, 0.05) is 19.4 Å². The molecule has 0 bridgehead atoms. The molecule has 0 saturated heterocycles. The molecular formula is C11H12N4. The van der Waals surface area contributed by atoms with Crippen LogP contribution in [0.4, 0.5) is 17.2 Å². The van der Waals surface area contributed by atoms with E-state index in [2.05, 4.69) is 9.97 Å². The highest BCUT2D eigenvalue weighted by Gasteiger charge is 2.07. The summed E-state index contributed by atoms with van der Waals surface area (Å²) in [5.41, 5.74) is 7.45. The van der Waals surface area contributed by atoms with Gasteiger partial charge in [-0.15, -0.1) is 0 Å². The van der Waals surface area contributed by atoms with Crippen molar-refractivity contribution in [2.75, 3.05) is 17.7 Å². The van der Waals surface area contributed by atoms with Gasteiger partial charge in [0.25, 0.3) is 0 Å². The Kier molecular flexibility index (Phi) is 2.49. The second kappa shape index (κ2) is 3.96. The van der Waals surface area contributed by atoms with Gasteiger partial charge in [0.05, 0.1) is 17.6 Å². The maximum Gasteiger partial charge on any atom is 0.156 e. The van der Waals surface area contributed by atoms with Crippen LogP contribution in [0.1, 0.15) is 0 Å². The van der Waals surface area contributed by atoms with Gasteiger partial charge >= 0.3 is 0 Å². The molecule has 15 heavy (non-hydrogen) atoms. The van der Waals surface area contributed by atoms with Gasteiger partial charge in [-0.2, -0.15) is 0 Å². The number of rotatable bonds is 2. The van der Waals surface area contributed by atoms with E-state index >= 15 is 0 Å². The van der Waals surface area contributed by atoms with Gasteiger partial charge in [-0.1, -0.05) is 0 Å². The lowest BCUT2D eigenvalue weighted by atomic mass is 10.3. The van der Waals surface area contributed by atoms with Crippen molar-refractivity contribution in [3.63, 3.8) is 0 Å². The predicted molar refractivity (Wildman–Crippen MR) is 60.9 cm³/mol. The molecule has 0 aliphatic carbocycles. The third-order valence-corrected chi connectivity index (χ3v) is 2.17. The highest BCUT2D eigenvalue weighted by Crippen LogP contribution is 2.24. The van der Waals surface area contributed by atoms with Crippen LogP contribution in [-0.2, 0) is 0 Å². The molecule has 0 aromatic carbocycles. The third-order valence-electron chi connectivity index (χ3n) is 2.17. The minimum absolute atomic E-state index is 0.656. The molecule has 0 radical (unpaired) electrons. The van der Waals surface area contributed by atoms with E-state index in [1.807, 2.05) is 36.2 Å². The van der Waals surface area contributed by atoms with Gasteiger partial charge in [0.15, 0.2) is 5.82 Å². The zero-order valence-corrected chi connectivity index (χ0v) is 8.46. The van der Waals surface area contributed by atoms with Gasteiger partial charge in [-0.3, -0.25) is 4.98 Å². The van der Waals surface area contributed by atoms with Gasteiger partial charge in [-0.05, 0) is 24.3 Å².